The van der Waals surface area contributed by atoms with Gasteiger partial charge in [-0.05, 0) is 12.1 Å². The third-order valence-electron chi connectivity index (χ3n) is 3.04. The Morgan fingerprint density at radius 3 is 2.00 bits per heavy atom. The largest absolute Gasteiger partial charge is 0.417 e. The summed E-state index contributed by atoms with van der Waals surface area (Å²) < 4.78 is 78.2. The van der Waals surface area contributed by atoms with Gasteiger partial charge in [0.1, 0.15) is 17.5 Å². The van der Waals surface area contributed by atoms with Gasteiger partial charge in [-0.3, -0.25) is 0 Å². The van der Waals surface area contributed by atoms with E-state index in [2.05, 4.69) is 25.9 Å². The molecule has 0 bridgehead atoms. The molecule has 2 aromatic rings. The summed E-state index contributed by atoms with van der Waals surface area (Å²) in [4.78, 5) is 6.90. The van der Waals surface area contributed by atoms with Gasteiger partial charge in [0.2, 0.25) is 5.95 Å². The fraction of sp³-hybridized carbons (Fsp3) is 0.154. The molecule has 25 heavy (non-hydrogen) atoms. The lowest BCUT2D eigenvalue weighted by molar-refractivity contribution is -0.141. The van der Waals surface area contributed by atoms with Gasteiger partial charge in [-0.1, -0.05) is 15.9 Å². The first-order chi connectivity index (χ1) is 11.4. The highest BCUT2D eigenvalue weighted by Crippen LogP contribution is 2.44. The van der Waals surface area contributed by atoms with Gasteiger partial charge in [0, 0.05) is 10.0 Å². The zero-order chi connectivity index (χ0) is 19.2. The summed E-state index contributed by atoms with van der Waals surface area (Å²) in [7, 11) is 0. The summed E-state index contributed by atoms with van der Waals surface area (Å²) in [5.74, 6) is -1.13. The van der Waals surface area contributed by atoms with Crippen LogP contribution in [0.3, 0.4) is 0 Å². The zero-order valence-electron chi connectivity index (χ0n) is 11.8. The predicted octanol–water partition coefficient (Wildman–Crippen LogP) is 3.98. The molecule has 0 aliphatic rings. The number of nitrogen functional groups attached to an aromatic ring is 2. The quantitative estimate of drug-likeness (QED) is 0.672. The third kappa shape index (κ3) is 3.60. The second kappa shape index (κ2) is 6.07. The number of nitrogens with zero attached hydrogens (tertiary/aromatic N) is 3. The fourth-order valence-electron chi connectivity index (χ4n) is 2.02. The number of aromatic nitrogens is 2. The highest BCUT2D eigenvalue weighted by molar-refractivity contribution is 9.10. The number of hydrogen-bond acceptors (Lipinski definition) is 5. The molecule has 12 heteroatoms. The van der Waals surface area contributed by atoms with Crippen molar-refractivity contribution in [2.24, 2.45) is 0 Å². The highest BCUT2D eigenvalue weighted by atomic mass is 79.9. The van der Waals surface area contributed by atoms with E-state index in [-0.39, 0.29) is 12.1 Å². The van der Waals surface area contributed by atoms with Crippen molar-refractivity contribution >= 4 is 27.7 Å². The molecule has 1 heterocycles. The number of hydrogen-bond donors (Lipinski definition) is 2. The maximum atomic E-state index is 13.3. The summed E-state index contributed by atoms with van der Waals surface area (Å²) >= 11 is 2.48. The molecule has 0 aliphatic carbocycles. The van der Waals surface area contributed by atoms with Crippen LogP contribution in [-0.2, 0) is 12.4 Å². The minimum atomic E-state index is -5.02. The Morgan fingerprint density at radius 2 is 1.52 bits per heavy atom. The maximum Gasteiger partial charge on any atom is 0.417 e. The molecule has 2 rings (SSSR count). The summed E-state index contributed by atoms with van der Waals surface area (Å²) in [6.45, 7) is 0. The van der Waals surface area contributed by atoms with Crippen molar-refractivity contribution in [2.75, 3.05) is 11.5 Å². The molecule has 1 aromatic carbocycles. The van der Waals surface area contributed by atoms with Crippen molar-refractivity contribution < 1.29 is 26.3 Å². The van der Waals surface area contributed by atoms with Crippen molar-refractivity contribution in [3.63, 3.8) is 0 Å². The van der Waals surface area contributed by atoms with E-state index in [0.29, 0.717) is 0 Å². The lowest BCUT2D eigenvalue weighted by Gasteiger charge is -2.18. The Hall–Kier alpha value is -2.55. The van der Waals surface area contributed by atoms with Crippen LogP contribution in [0.2, 0.25) is 0 Å². The molecule has 132 valence electrons. The van der Waals surface area contributed by atoms with Gasteiger partial charge < -0.3 is 11.5 Å². The SMILES string of the molecule is N#Cc1c(N)nc(N)nc1-c1cc(C(F)(F)F)c(Br)cc1C(F)(F)F. The lowest BCUT2D eigenvalue weighted by atomic mass is 9.97. The van der Waals surface area contributed by atoms with Crippen LogP contribution in [-0.4, -0.2) is 9.97 Å². The first-order valence-electron chi connectivity index (χ1n) is 6.17. The van der Waals surface area contributed by atoms with E-state index in [1.54, 1.807) is 0 Å². The number of alkyl halides is 6. The monoisotopic (exact) mass is 425 g/mol. The van der Waals surface area contributed by atoms with Crippen molar-refractivity contribution in [1.29, 1.82) is 5.26 Å². The molecule has 0 amide bonds. The smallest absolute Gasteiger partial charge is 0.382 e. The molecule has 0 unspecified atom stereocenters. The van der Waals surface area contributed by atoms with E-state index >= 15 is 0 Å². The number of nitrogens with two attached hydrogens (primary N) is 2. The van der Waals surface area contributed by atoms with E-state index in [1.807, 2.05) is 0 Å². The Balaban J connectivity index is 2.97. The average Bonchev–Trinajstić information content (AvgIpc) is 2.44. The van der Waals surface area contributed by atoms with Crippen molar-refractivity contribution in [1.82, 2.24) is 9.97 Å². The Morgan fingerprint density at radius 1 is 0.960 bits per heavy atom. The predicted molar refractivity (Wildman–Crippen MR) is 78.7 cm³/mol. The average molecular weight is 426 g/mol. The van der Waals surface area contributed by atoms with E-state index in [4.69, 9.17) is 16.7 Å². The van der Waals surface area contributed by atoms with Crippen LogP contribution in [0.15, 0.2) is 16.6 Å². The molecule has 0 saturated carbocycles. The second-order valence-electron chi connectivity index (χ2n) is 4.68. The van der Waals surface area contributed by atoms with Gasteiger partial charge in [-0.2, -0.15) is 36.6 Å². The Bertz CT molecular complexity index is 884. The van der Waals surface area contributed by atoms with Crippen LogP contribution in [0.1, 0.15) is 16.7 Å². The number of halogens is 7. The second-order valence-corrected chi connectivity index (χ2v) is 5.53. The van der Waals surface area contributed by atoms with Crippen molar-refractivity contribution in [3.8, 4) is 17.3 Å². The van der Waals surface area contributed by atoms with Crippen molar-refractivity contribution in [2.45, 2.75) is 12.4 Å². The van der Waals surface area contributed by atoms with Gasteiger partial charge in [0.15, 0.2) is 0 Å². The summed E-state index contributed by atoms with van der Waals surface area (Å²) in [5.41, 5.74) is 5.56. The van der Waals surface area contributed by atoms with Gasteiger partial charge in [0.05, 0.1) is 16.8 Å². The molecule has 0 aliphatic heterocycles. The number of benzene rings is 1. The van der Waals surface area contributed by atoms with Crippen LogP contribution in [0.25, 0.3) is 11.3 Å². The standard InChI is InChI=1S/C13H6BrF6N5/c14-8-2-6(12(15,16)17)4(1-7(8)13(18,19)20)9-5(3-21)10(22)25-11(23)24-9/h1-2H,(H4,22,23,24,25). The van der Waals surface area contributed by atoms with E-state index in [1.165, 1.54) is 6.07 Å². The van der Waals surface area contributed by atoms with Gasteiger partial charge in [0.25, 0.3) is 0 Å². The topological polar surface area (TPSA) is 102 Å². The van der Waals surface area contributed by atoms with Crippen LogP contribution >= 0.6 is 15.9 Å². The van der Waals surface area contributed by atoms with E-state index < -0.39 is 56.5 Å². The van der Waals surface area contributed by atoms with Crippen LogP contribution in [0.5, 0.6) is 0 Å². The minimum absolute atomic E-state index is 0.231. The van der Waals surface area contributed by atoms with E-state index in [0.717, 1.165) is 0 Å². The molecule has 4 N–H and O–H groups in total. The normalized spacial score (nSPS) is 12.1. The number of rotatable bonds is 1. The number of nitriles is 1. The Kier molecular flexibility index (Phi) is 4.56. The molecule has 0 spiro atoms. The van der Waals surface area contributed by atoms with Crippen LogP contribution in [0.4, 0.5) is 38.1 Å². The number of anilines is 2. The molecular weight excluding hydrogens is 420 g/mol. The molecule has 5 nitrogen and oxygen atoms in total. The molecule has 0 atom stereocenters. The Labute approximate surface area is 144 Å². The fourth-order valence-corrected chi connectivity index (χ4v) is 2.59. The zero-order valence-corrected chi connectivity index (χ0v) is 13.4. The highest BCUT2D eigenvalue weighted by Gasteiger charge is 2.40. The lowest BCUT2D eigenvalue weighted by Crippen LogP contribution is -2.14. The molecule has 0 fully saturated rings. The van der Waals surface area contributed by atoms with Crippen LogP contribution < -0.4 is 11.5 Å². The minimum Gasteiger partial charge on any atom is -0.382 e. The first kappa shape index (κ1) is 18.8. The van der Waals surface area contributed by atoms with E-state index in [9.17, 15) is 26.3 Å². The summed E-state index contributed by atoms with van der Waals surface area (Å²) in [6, 6.07) is 1.96. The first-order valence-corrected chi connectivity index (χ1v) is 6.97. The summed E-state index contributed by atoms with van der Waals surface area (Å²) in [6.07, 6.45) is -9.97. The molecule has 0 saturated heterocycles. The van der Waals surface area contributed by atoms with Gasteiger partial charge in [-0.25, -0.2) is 4.98 Å². The van der Waals surface area contributed by atoms with Crippen LogP contribution in [0, 0.1) is 11.3 Å². The van der Waals surface area contributed by atoms with Gasteiger partial charge >= 0.3 is 12.4 Å². The maximum absolute atomic E-state index is 13.3. The molecule has 0 radical (unpaired) electrons. The van der Waals surface area contributed by atoms with Gasteiger partial charge in [-0.15, -0.1) is 0 Å². The molecule has 1 aromatic heterocycles. The summed E-state index contributed by atoms with van der Waals surface area (Å²) in [5, 5.41) is 9.07. The third-order valence-corrected chi connectivity index (χ3v) is 3.70. The molecular formula is C13H6BrF6N5. The van der Waals surface area contributed by atoms with Crippen molar-refractivity contribution in [3.05, 3.63) is 33.3 Å².